The van der Waals surface area contributed by atoms with Crippen LogP contribution < -0.4 is 5.69 Å². The fourth-order valence-corrected chi connectivity index (χ4v) is 4.67. The van der Waals surface area contributed by atoms with E-state index in [1.807, 2.05) is 62.1 Å². The van der Waals surface area contributed by atoms with Crippen molar-refractivity contribution in [3.8, 4) is 16.8 Å². The number of fused-ring (bicyclic) bond motifs is 1. The maximum Gasteiger partial charge on any atom is 0.350 e. The number of aromatic nitrogens is 4. The molecule has 174 valence electrons. The molecule has 1 atom stereocenters. The topological polar surface area (TPSA) is 73.0 Å². The molecule has 5 rings (SSSR count). The Morgan fingerprint density at radius 3 is 2.50 bits per heavy atom. The maximum absolute atomic E-state index is 13.0. The summed E-state index contributed by atoms with van der Waals surface area (Å²) < 4.78 is 3.06. The van der Waals surface area contributed by atoms with E-state index in [9.17, 15) is 9.59 Å². The summed E-state index contributed by atoms with van der Waals surface area (Å²) >= 11 is 0. The first-order valence-corrected chi connectivity index (χ1v) is 11.6. The van der Waals surface area contributed by atoms with E-state index in [0.717, 1.165) is 34.1 Å². The highest BCUT2D eigenvalue weighted by Gasteiger charge is 2.35. The van der Waals surface area contributed by atoms with Gasteiger partial charge >= 0.3 is 5.69 Å². The van der Waals surface area contributed by atoms with Crippen LogP contribution in [0.2, 0.25) is 0 Å². The van der Waals surface area contributed by atoms with Crippen LogP contribution in [0.4, 0.5) is 0 Å². The minimum atomic E-state index is -0.424. The van der Waals surface area contributed by atoms with Crippen molar-refractivity contribution in [3.05, 3.63) is 77.1 Å². The van der Waals surface area contributed by atoms with Crippen LogP contribution in [0.3, 0.4) is 0 Å². The van der Waals surface area contributed by atoms with Crippen LogP contribution in [-0.4, -0.2) is 43.2 Å². The van der Waals surface area contributed by atoms with Crippen LogP contribution in [-0.2, 0) is 11.8 Å². The zero-order valence-electron chi connectivity index (χ0n) is 20.0. The van der Waals surface area contributed by atoms with Gasteiger partial charge in [-0.05, 0) is 41.8 Å². The first kappa shape index (κ1) is 22.1. The molecular weight excluding hydrogens is 426 g/mol. The summed E-state index contributed by atoms with van der Waals surface area (Å²) in [4.78, 5) is 32.1. The molecule has 0 bridgehead atoms. The number of benzene rings is 2. The SMILES string of the molecule is Cn1nc(C2CCN(C(=O)C(C)(C)C)C2)n(-c2ccc(-c3ccc4cccnc4c3)cc2)c1=O. The largest absolute Gasteiger partial charge is 0.350 e. The van der Waals surface area contributed by atoms with Crippen molar-refractivity contribution in [3.63, 3.8) is 0 Å². The van der Waals surface area contributed by atoms with Gasteiger partial charge < -0.3 is 4.90 Å². The molecule has 1 fully saturated rings. The molecule has 0 saturated carbocycles. The maximum atomic E-state index is 13.0. The van der Waals surface area contributed by atoms with Gasteiger partial charge in [-0.15, -0.1) is 0 Å². The standard InChI is InChI=1S/C27H29N5O2/c1-27(2,3)25(33)31-15-13-21(17-31)24-29-30(4)26(34)32(24)22-11-9-18(10-12-22)20-8-7-19-6-5-14-28-23(19)16-20/h5-12,14,16,21H,13,15,17H2,1-4H3. The lowest BCUT2D eigenvalue weighted by molar-refractivity contribution is -0.138. The average molecular weight is 456 g/mol. The second-order valence-corrected chi connectivity index (χ2v) is 10.0. The van der Waals surface area contributed by atoms with Crippen molar-refractivity contribution < 1.29 is 4.79 Å². The monoisotopic (exact) mass is 455 g/mol. The van der Waals surface area contributed by atoms with E-state index >= 15 is 0 Å². The molecule has 0 aliphatic carbocycles. The van der Waals surface area contributed by atoms with Crippen molar-refractivity contribution in [2.24, 2.45) is 12.5 Å². The number of hydrogen-bond donors (Lipinski definition) is 0. The van der Waals surface area contributed by atoms with Crippen molar-refractivity contribution in [1.82, 2.24) is 24.2 Å². The van der Waals surface area contributed by atoms with E-state index in [2.05, 4.69) is 28.3 Å². The van der Waals surface area contributed by atoms with Crippen LogP contribution in [0.5, 0.6) is 0 Å². The first-order valence-electron chi connectivity index (χ1n) is 11.6. The van der Waals surface area contributed by atoms with Crippen LogP contribution in [0.15, 0.2) is 65.6 Å². The molecule has 4 aromatic rings. The quantitative estimate of drug-likeness (QED) is 0.465. The fraction of sp³-hybridized carbons (Fsp3) is 0.333. The van der Waals surface area contributed by atoms with E-state index < -0.39 is 5.41 Å². The van der Waals surface area contributed by atoms with Gasteiger partial charge in [0.05, 0.1) is 11.2 Å². The first-order chi connectivity index (χ1) is 16.2. The molecule has 7 nitrogen and oxygen atoms in total. The van der Waals surface area contributed by atoms with Gasteiger partial charge in [0.2, 0.25) is 5.91 Å². The minimum absolute atomic E-state index is 0.0199. The molecule has 3 heterocycles. The molecule has 2 aromatic carbocycles. The average Bonchev–Trinajstić information content (AvgIpc) is 3.43. The number of nitrogens with zero attached hydrogens (tertiary/aromatic N) is 5. The molecular formula is C27H29N5O2. The smallest absolute Gasteiger partial charge is 0.341 e. The number of pyridine rings is 1. The highest BCUT2D eigenvalue weighted by atomic mass is 16.2. The van der Waals surface area contributed by atoms with E-state index in [-0.39, 0.29) is 17.5 Å². The summed E-state index contributed by atoms with van der Waals surface area (Å²) in [6.07, 6.45) is 2.59. The van der Waals surface area contributed by atoms with Crippen molar-refractivity contribution in [2.45, 2.75) is 33.1 Å². The number of carbonyl (C=O) groups is 1. The lowest BCUT2D eigenvalue weighted by atomic mass is 9.95. The summed E-state index contributed by atoms with van der Waals surface area (Å²) in [6.45, 7) is 7.07. The van der Waals surface area contributed by atoms with Crippen molar-refractivity contribution >= 4 is 16.8 Å². The molecule has 1 saturated heterocycles. The number of aryl methyl sites for hydroxylation is 1. The highest BCUT2D eigenvalue weighted by Crippen LogP contribution is 2.31. The Bertz CT molecular complexity index is 1430. The molecule has 34 heavy (non-hydrogen) atoms. The Balaban J connectivity index is 1.45. The molecule has 7 heteroatoms. The van der Waals surface area contributed by atoms with Gasteiger partial charge in [-0.25, -0.2) is 14.0 Å². The fourth-order valence-electron chi connectivity index (χ4n) is 4.67. The summed E-state index contributed by atoms with van der Waals surface area (Å²) in [6, 6.07) is 18.2. The molecule has 1 aliphatic heterocycles. The third-order valence-corrected chi connectivity index (χ3v) is 6.50. The third kappa shape index (κ3) is 3.91. The molecule has 0 spiro atoms. The Kier molecular flexibility index (Phi) is 5.35. The molecule has 1 amide bonds. The second kappa shape index (κ2) is 8.24. The summed E-state index contributed by atoms with van der Waals surface area (Å²) in [5, 5.41) is 5.66. The highest BCUT2D eigenvalue weighted by molar-refractivity contribution is 5.84. The Morgan fingerprint density at radius 2 is 1.76 bits per heavy atom. The van der Waals surface area contributed by atoms with Crippen LogP contribution in [0, 0.1) is 5.41 Å². The van der Waals surface area contributed by atoms with E-state index in [1.165, 1.54) is 4.68 Å². The van der Waals surface area contributed by atoms with Crippen LogP contribution >= 0.6 is 0 Å². The molecule has 1 unspecified atom stereocenters. The van der Waals surface area contributed by atoms with Gasteiger partial charge in [-0.3, -0.25) is 9.78 Å². The third-order valence-electron chi connectivity index (χ3n) is 6.50. The van der Waals surface area contributed by atoms with Crippen molar-refractivity contribution in [2.75, 3.05) is 13.1 Å². The summed E-state index contributed by atoms with van der Waals surface area (Å²) in [5.74, 6) is 0.861. The number of rotatable bonds is 3. The lowest BCUT2D eigenvalue weighted by Gasteiger charge is -2.25. The predicted molar refractivity (Wildman–Crippen MR) is 133 cm³/mol. The second-order valence-electron chi connectivity index (χ2n) is 10.0. The van der Waals surface area contributed by atoms with Gasteiger partial charge in [0.1, 0.15) is 5.82 Å². The van der Waals surface area contributed by atoms with Gasteiger partial charge in [0.15, 0.2) is 0 Å². The summed E-state index contributed by atoms with van der Waals surface area (Å²) in [7, 11) is 1.67. The zero-order valence-corrected chi connectivity index (χ0v) is 20.0. The summed E-state index contributed by atoms with van der Waals surface area (Å²) in [5.41, 5.74) is 3.24. The normalized spacial score (nSPS) is 16.4. The van der Waals surface area contributed by atoms with E-state index in [1.54, 1.807) is 17.8 Å². The molecule has 0 radical (unpaired) electrons. The number of amides is 1. The number of likely N-dealkylation sites (tertiary alicyclic amines) is 1. The number of carbonyl (C=O) groups excluding carboxylic acids is 1. The lowest BCUT2D eigenvalue weighted by Crippen LogP contribution is -2.37. The van der Waals surface area contributed by atoms with Gasteiger partial charge in [-0.1, -0.05) is 51.1 Å². The Morgan fingerprint density at radius 1 is 1.03 bits per heavy atom. The molecule has 1 aliphatic rings. The van der Waals surface area contributed by atoms with Crippen molar-refractivity contribution in [1.29, 1.82) is 0 Å². The predicted octanol–water partition coefficient (Wildman–Crippen LogP) is 4.15. The van der Waals surface area contributed by atoms with Gasteiger partial charge in [0.25, 0.3) is 0 Å². The van der Waals surface area contributed by atoms with Gasteiger partial charge in [0, 0.05) is 43.1 Å². The van der Waals surface area contributed by atoms with Crippen LogP contribution in [0.1, 0.15) is 38.9 Å². The molecule has 0 N–H and O–H groups in total. The van der Waals surface area contributed by atoms with E-state index in [0.29, 0.717) is 18.9 Å². The van der Waals surface area contributed by atoms with Gasteiger partial charge in [-0.2, -0.15) is 5.10 Å². The Hall–Kier alpha value is -3.74. The number of hydrogen-bond acceptors (Lipinski definition) is 4. The zero-order chi connectivity index (χ0) is 24.0. The molecule has 2 aromatic heterocycles. The van der Waals surface area contributed by atoms with Crippen LogP contribution in [0.25, 0.3) is 27.7 Å². The van der Waals surface area contributed by atoms with E-state index in [4.69, 9.17) is 0 Å². The minimum Gasteiger partial charge on any atom is -0.341 e. The Labute approximate surface area is 198 Å².